The van der Waals surface area contributed by atoms with Crippen LogP contribution in [0.1, 0.15) is 6.92 Å². The Balaban J connectivity index is 1.90. The van der Waals surface area contributed by atoms with Crippen molar-refractivity contribution < 1.29 is 9.53 Å². The summed E-state index contributed by atoms with van der Waals surface area (Å²) in [7, 11) is 0. The van der Waals surface area contributed by atoms with E-state index in [1.165, 1.54) is 0 Å². The summed E-state index contributed by atoms with van der Waals surface area (Å²) in [6.07, 6.45) is 0. The van der Waals surface area contributed by atoms with Crippen molar-refractivity contribution in [3.63, 3.8) is 0 Å². The normalized spacial score (nSPS) is 10.0. The first-order valence-electron chi connectivity index (χ1n) is 6.70. The molecule has 1 amide bonds. The fourth-order valence-corrected chi connectivity index (χ4v) is 2.17. The molecule has 0 aliphatic heterocycles. The molecule has 0 saturated heterocycles. The number of carbonyl (C=O) groups is 1. The quantitative estimate of drug-likeness (QED) is 0.732. The molecule has 2 rings (SSSR count). The minimum Gasteiger partial charge on any atom is -0.492 e. The Hall–Kier alpha value is -1.76. The zero-order valence-corrected chi connectivity index (χ0v) is 13.9. The van der Waals surface area contributed by atoms with Crippen molar-refractivity contribution in [1.82, 2.24) is 0 Å². The summed E-state index contributed by atoms with van der Waals surface area (Å²) < 4.78 is 6.64. The van der Waals surface area contributed by atoms with Crippen molar-refractivity contribution in [2.75, 3.05) is 23.8 Å². The number of halogens is 1. The average Bonchev–Trinajstić information content (AvgIpc) is 2.49. The van der Waals surface area contributed by atoms with Crippen LogP contribution in [0.3, 0.4) is 0 Å². The number of benzene rings is 2. The molecule has 2 aromatic carbocycles. The second-order valence-corrected chi connectivity index (χ2v) is 5.58. The maximum atomic E-state index is 11.9. The Kier molecular flexibility index (Phi) is 5.86. The van der Waals surface area contributed by atoms with Crippen LogP contribution in [0, 0.1) is 3.57 Å². The van der Waals surface area contributed by atoms with Gasteiger partial charge in [0.05, 0.1) is 18.8 Å². The van der Waals surface area contributed by atoms with Gasteiger partial charge in [0.2, 0.25) is 5.91 Å². The fourth-order valence-electron chi connectivity index (χ4n) is 1.81. The summed E-state index contributed by atoms with van der Waals surface area (Å²) >= 11 is 2.23. The van der Waals surface area contributed by atoms with Gasteiger partial charge in [0, 0.05) is 9.26 Å². The van der Waals surface area contributed by atoms with E-state index in [9.17, 15) is 4.79 Å². The molecule has 0 aliphatic rings. The second kappa shape index (κ2) is 7.87. The molecule has 0 unspecified atom stereocenters. The predicted molar refractivity (Wildman–Crippen MR) is 93.9 cm³/mol. The lowest BCUT2D eigenvalue weighted by Crippen LogP contribution is -2.22. The molecule has 0 saturated carbocycles. The van der Waals surface area contributed by atoms with Crippen molar-refractivity contribution >= 4 is 39.9 Å². The van der Waals surface area contributed by atoms with Crippen LogP contribution in [0.4, 0.5) is 11.4 Å². The average molecular weight is 396 g/mol. The topological polar surface area (TPSA) is 50.4 Å². The van der Waals surface area contributed by atoms with E-state index in [0.29, 0.717) is 6.61 Å². The van der Waals surface area contributed by atoms with E-state index in [1.807, 2.05) is 55.5 Å². The van der Waals surface area contributed by atoms with Crippen molar-refractivity contribution in [2.45, 2.75) is 6.92 Å². The van der Waals surface area contributed by atoms with E-state index in [0.717, 1.165) is 20.7 Å². The molecule has 0 aromatic heterocycles. The molecular weight excluding hydrogens is 379 g/mol. The van der Waals surface area contributed by atoms with Gasteiger partial charge in [-0.05, 0) is 65.9 Å². The van der Waals surface area contributed by atoms with Crippen LogP contribution in [0.2, 0.25) is 0 Å². The monoisotopic (exact) mass is 396 g/mol. The Bertz CT molecular complexity index is 599. The lowest BCUT2D eigenvalue weighted by atomic mass is 10.3. The molecule has 0 heterocycles. The SMILES string of the molecule is CCOc1ccccc1NCC(=O)Nc1ccc(I)cc1. The summed E-state index contributed by atoms with van der Waals surface area (Å²) in [4.78, 5) is 11.9. The van der Waals surface area contributed by atoms with Gasteiger partial charge >= 0.3 is 0 Å². The minimum atomic E-state index is -0.0949. The number of ether oxygens (including phenoxy) is 1. The standard InChI is InChI=1S/C16H17IN2O2/c1-2-21-15-6-4-3-5-14(15)18-11-16(20)19-13-9-7-12(17)8-10-13/h3-10,18H,2,11H2,1H3,(H,19,20). The van der Waals surface area contributed by atoms with Crippen LogP contribution >= 0.6 is 22.6 Å². The van der Waals surface area contributed by atoms with Crippen LogP contribution in [0.15, 0.2) is 48.5 Å². The molecule has 5 heteroatoms. The van der Waals surface area contributed by atoms with E-state index >= 15 is 0 Å². The summed E-state index contributed by atoms with van der Waals surface area (Å²) in [5.74, 6) is 0.657. The second-order valence-electron chi connectivity index (χ2n) is 4.34. The van der Waals surface area contributed by atoms with Gasteiger partial charge in [-0.3, -0.25) is 4.79 Å². The van der Waals surface area contributed by atoms with Crippen molar-refractivity contribution in [3.05, 3.63) is 52.1 Å². The highest BCUT2D eigenvalue weighted by Crippen LogP contribution is 2.23. The fraction of sp³-hybridized carbons (Fsp3) is 0.188. The molecule has 110 valence electrons. The molecule has 0 bridgehead atoms. The van der Waals surface area contributed by atoms with Gasteiger partial charge in [0.1, 0.15) is 5.75 Å². The number of amides is 1. The van der Waals surface area contributed by atoms with Gasteiger partial charge < -0.3 is 15.4 Å². The maximum absolute atomic E-state index is 11.9. The van der Waals surface area contributed by atoms with E-state index < -0.39 is 0 Å². The summed E-state index contributed by atoms with van der Waals surface area (Å²) in [6, 6.07) is 15.2. The number of hydrogen-bond donors (Lipinski definition) is 2. The Labute approximate surface area is 138 Å². The summed E-state index contributed by atoms with van der Waals surface area (Å²) in [5, 5.41) is 5.94. The smallest absolute Gasteiger partial charge is 0.243 e. The maximum Gasteiger partial charge on any atom is 0.243 e. The van der Waals surface area contributed by atoms with Gasteiger partial charge in [0.15, 0.2) is 0 Å². The van der Waals surface area contributed by atoms with Crippen molar-refractivity contribution in [1.29, 1.82) is 0 Å². The van der Waals surface area contributed by atoms with Gasteiger partial charge in [0.25, 0.3) is 0 Å². The zero-order chi connectivity index (χ0) is 15.1. The molecule has 0 atom stereocenters. The van der Waals surface area contributed by atoms with Gasteiger partial charge in [-0.25, -0.2) is 0 Å². The third-order valence-corrected chi connectivity index (χ3v) is 3.47. The van der Waals surface area contributed by atoms with Crippen LogP contribution in [0.25, 0.3) is 0 Å². The number of nitrogens with one attached hydrogen (secondary N) is 2. The molecule has 0 fully saturated rings. The Morgan fingerprint density at radius 1 is 1.14 bits per heavy atom. The van der Waals surface area contributed by atoms with Crippen molar-refractivity contribution in [2.24, 2.45) is 0 Å². The Morgan fingerprint density at radius 2 is 1.86 bits per heavy atom. The Morgan fingerprint density at radius 3 is 2.57 bits per heavy atom. The van der Waals surface area contributed by atoms with E-state index in [1.54, 1.807) is 0 Å². The molecular formula is C16H17IN2O2. The highest BCUT2D eigenvalue weighted by Gasteiger charge is 2.05. The first kappa shape index (κ1) is 15.6. The molecule has 0 aliphatic carbocycles. The largest absolute Gasteiger partial charge is 0.492 e. The minimum absolute atomic E-state index is 0.0949. The lowest BCUT2D eigenvalue weighted by molar-refractivity contribution is -0.114. The van der Waals surface area contributed by atoms with Crippen LogP contribution in [0.5, 0.6) is 5.75 Å². The third-order valence-electron chi connectivity index (χ3n) is 2.75. The summed E-state index contributed by atoms with van der Waals surface area (Å²) in [6.45, 7) is 2.71. The van der Waals surface area contributed by atoms with E-state index in [-0.39, 0.29) is 12.5 Å². The van der Waals surface area contributed by atoms with Gasteiger partial charge in [-0.15, -0.1) is 0 Å². The molecule has 0 spiro atoms. The van der Waals surface area contributed by atoms with Crippen LogP contribution < -0.4 is 15.4 Å². The predicted octanol–water partition coefficient (Wildman–Crippen LogP) is 3.74. The molecule has 21 heavy (non-hydrogen) atoms. The lowest BCUT2D eigenvalue weighted by Gasteiger charge is -2.12. The first-order chi connectivity index (χ1) is 10.2. The number of hydrogen-bond acceptors (Lipinski definition) is 3. The summed E-state index contributed by atoms with van der Waals surface area (Å²) in [5.41, 5.74) is 1.61. The zero-order valence-electron chi connectivity index (χ0n) is 11.7. The first-order valence-corrected chi connectivity index (χ1v) is 7.78. The van der Waals surface area contributed by atoms with Gasteiger partial charge in [-0.2, -0.15) is 0 Å². The van der Waals surface area contributed by atoms with Crippen molar-refractivity contribution in [3.8, 4) is 5.75 Å². The van der Waals surface area contributed by atoms with Gasteiger partial charge in [-0.1, -0.05) is 12.1 Å². The van der Waals surface area contributed by atoms with E-state index in [2.05, 4.69) is 33.2 Å². The number of anilines is 2. The third kappa shape index (κ3) is 4.93. The highest BCUT2D eigenvalue weighted by atomic mass is 127. The van der Waals surface area contributed by atoms with Crippen LogP contribution in [-0.2, 0) is 4.79 Å². The molecule has 4 nitrogen and oxygen atoms in total. The number of para-hydroxylation sites is 2. The van der Waals surface area contributed by atoms with Crippen LogP contribution in [-0.4, -0.2) is 19.1 Å². The molecule has 0 radical (unpaired) electrons. The number of carbonyl (C=O) groups excluding carboxylic acids is 1. The number of rotatable bonds is 6. The molecule has 2 aromatic rings. The van der Waals surface area contributed by atoms with E-state index in [4.69, 9.17) is 4.74 Å². The molecule has 2 N–H and O–H groups in total. The highest BCUT2D eigenvalue weighted by molar-refractivity contribution is 14.1.